The molecule has 1 saturated heterocycles. The molecule has 0 radical (unpaired) electrons. The van der Waals surface area contributed by atoms with Crippen LogP contribution in [0.1, 0.15) is 92.2 Å². The number of aromatic nitrogens is 2. The van der Waals surface area contributed by atoms with E-state index in [2.05, 4.69) is 26.3 Å². The molecule has 8 rings (SSSR count). The molecule has 16 nitrogen and oxygen atoms in total. The number of hydrogen-bond donors (Lipinski definition) is 6. The molecule has 0 saturated carbocycles. The summed E-state index contributed by atoms with van der Waals surface area (Å²) in [6.07, 6.45) is 2.83. The number of hydrogen-bond acceptors (Lipinski definition) is 10. The predicted molar refractivity (Wildman–Crippen MR) is 241 cm³/mol. The molecule has 2 aliphatic heterocycles. The zero-order valence-corrected chi connectivity index (χ0v) is 36.6. The third-order valence-electron chi connectivity index (χ3n) is 11.6. The maximum atomic E-state index is 14.7. The van der Waals surface area contributed by atoms with Crippen molar-refractivity contribution in [3.63, 3.8) is 0 Å². The molecule has 2 aromatic heterocycles. The fourth-order valence-corrected chi connectivity index (χ4v) is 8.05. The van der Waals surface area contributed by atoms with Crippen LogP contribution in [0.5, 0.6) is 11.5 Å². The van der Waals surface area contributed by atoms with Gasteiger partial charge in [0.15, 0.2) is 11.6 Å². The second-order valence-electron chi connectivity index (χ2n) is 16.8. The number of rotatable bonds is 15. The van der Waals surface area contributed by atoms with Gasteiger partial charge in [-0.05, 0) is 98.8 Å². The summed E-state index contributed by atoms with van der Waals surface area (Å²) in [5.41, 5.74) is 1.61. The molecule has 1 unspecified atom stereocenters. The number of benzene rings is 4. The molecule has 6 N–H and O–H groups in total. The summed E-state index contributed by atoms with van der Waals surface area (Å²) >= 11 is 0. The van der Waals surface area contributed by atoms with Gasteiger partial charge in [0.25, 0.3) is 29.2 Å². The van der Waals surface area contributed by atoms with Gasteiger partial charge in [0.2, 0.25) is 11.8 Å². The van der Waals surface area contributed by atoms with Crippen molar-refractivity contribution in [1.29, 1.82) is 0 Å². The quantitative estimate of drug-likeness (QED) is 0.0538. The number of piperidine rings is 1. The highest BCUT2D eigenvalue weighted by Crippen LogP contribution is 2.40. The van der Waals surface area contributed by atoms with Gasteiger partial charge in [0, 0.05) is 73.1 Å². The Hall–Kier alpha value is -7.99. The lowest BCUT2D eigenvalue weighted by Crippen LogP contribution is -2.54. The number of H-pyrrole nitrogens is 1. The highest BCUT2D eigenvalue weighted by molar-refractivity contribution is 6.25. The van der Waals surface area contributed by atoms with Crippen LogP contribution >= 0.6 is 0 Å². The van der Waals surface area contributed by atoms with Crippen LogP contribution in [0.15, 0.2) is 95.9 Å². The Morgan fingerprint density at radius 1 is 0.836 bits per heavy atom. The molecule has 4 aromatic carbocycles. The van der Waals surface area contributed by atoms with Crippen molar-refractivity contribution in [2.45, 2.75) is 57.7 Å². The Kier molecular flexibility index (Phi) is 12.6. The Morgan fingerprint density at radius 2 is 1.58 bits per heavy atom. The Balaban J connectivity index is 0.862. The van der Waals surface area contributed by atoms with Crippen LogP contribution in [0.3, 0.4) is 0 Å². The summed E-state index contributed by atoms with van der Waals surface area (Å²) in [6.45, 7) is 4.05. The largest absolute Gasteiger partial charge is 0.454 e. The van der Waals surface area contributed by atoms with E-state index in [4.69, 9.17) is 4.74 Å². The summed E-state index contributed by atoms with van der Waals surface area (Å²) in [5, 5.41) is 22.3. The Morgan fingerprint density at radius 3 is 2.31 bits per heavy atom. The van der Waals surface area contributed by atoms with E-state index >= 15 is 0 Å². The molecule has 0 spiro atoms. The molecule has 2 aliphatic rings. The lowest BCUT2D eigenvalue weighted by Gasteiger charge is -2.27. The molecule has 6 aromatic rings. The maximum Gasteiger partial charge on any atom is 0.274 e. The predicted octanol–water partition coefficient (Wildman–Crippen LogP) is 5.78. The van der Waals surface area contributed by atoms with Gasteiger partial charge in [0.05, 0.1) is 16.7 Å². The van der Waals surface area contributed by atoms with Gasteiger partial charge < -0.3 is 35.3 Å². The number of aromatic amines is 1. The van der Waals surface area contributed by atoms with Crippen LogP contribution in [0.25, 0.3) is 22.0 Å². The van der Waals surface area contributed by atoms with E-state index in [1.807, 2.05) is 0 Å². The normalized spacial score (nSPS) is 14.8. The molecule has 1 fully saturated rings. The van der Waals surface area contributed by atoms with Gasteiger partial charge in [-0.25, -0.2) is 8.78 Å². The van der Waals surface area contributed by atoms with Crippen LogP contribution in [-0.4, -0.2) is 74.1 Å². The van der Waals surface area contributed by atoms with Crippen LogP contribution in [-0.2, 0) is 28.8 Å². The zero-order valence-electron chi connectivity index (χ0n) is 36.6. The van der Waals surface area contributed by atoms with Crippen molar-refractivity contribution in [2.75, 3.05) is 18.4 Å². The highest BCUT2D eigenvalue weighted by Gasteiger charge is 2.45. The number of amides is 6. The molecule has 344 valence electrons. The van der Waals surface area contributed by atoms with Gasteiger partial charge in [-0.3, -0.25) is 43.8 Å². The second-order valence-corrected chi connectivity index (χ2v) is 16.8. The third-order valence-corrected chi connectivity index (χ3v) is 11.6. The highest BCUT2D eigenvalue weighted by atomic mass is 19.1. The molecule has 6 amide bonds. The van der Waals surface area contributed by atoms with E-state index < -0.39 is 58.4 Å². The third kappa shape index (κ3) is 9.42. The summed E-state index contributed by atoms with van der Waals surface area (Å²) in [6, 6.07) is 19.6. The number of carbonyl (C=O) groups excluding carboxylic acids is 6. The topological polar surface area (TPSA) is 221 Å². The average Bonchev–Trinajstić information content (AvgIpc) is 3.85. The molecule has 67 heavy (non-hydrogen) atoms. The van der Waals surface area contributed by atoms with E-state index in [0.29, 0.717) is 70.9 Å². The number of nitrogens with one attached hydrogen (secondary N) is 5. The van der Waals surface area contributed by atoms with Crippen molar-refractivity contribution in [1.82, 2.24) is 30.4 Å². The molecule has 0 bridgehead atoms. The minimum Gasteiger partial charge on any atom is -0.454 e. The molecule has 1 atom stereocenters. The Labute approximate surface area is 381 Å². The smallest absolute Gasteiger partial charge is 0.274 e. The minimum atomic E-state index is -1.30. The number of ether oxygens (including phenoxy) is 1. The number of fused-ring (bicyclic) bond motifs is 2. The maximum absolute atomic E-state index is 14.7. The first-order chi connectivity index (χ1) is 32.0. The number of imide groups is 2. The monoisotopic (exact) mass is 913 g/mol. The fraction of sp³-hybridized carbons (Fsp3) is 0.245. The minimum absolute atomic E-state index is 0.0254. The van der Waals surface area contributed by atoms with E-state index in [1.54, 1.807) is 68.6 Å². The number of aryl methyl sites for hydroxylation is 1. The standard InChI is InChI=1S/C49H45F2N7O9/c1-49(2,66)28-13-16-38(67-39-17-14-29(50)22-34(39)51)31(21-28)33-25-57(3)48(65)42-32(33)23-36(55-42)44(61)54-24-26-9-11-27(12-10-26)43(60)53-20-5-4-19-52-35-8-6-7-30-41(35)47(64)58(46(30)63)37-15-18-40(59)56-45(37)62/h6-14,16-17,21-23,25,37,52,55,66H,4-5,15,18-20,24H2,1-3H3,(H,53,60)(H,54,61)(H,56,59,62). The Bertz CT molecular complexity index is 3070. The van der Waals surface area contributed by atoms with Crippen molar-refractivity contribution >= 4 is 52.0 Å². The second kappa shape index (κ2) is 18.5. The van der Waals surface area contributed by atoms with Crippen molar-refractivity contribution in [3.05, 3.63) is 147 Å². The van der Waals surface area contributed by atoms with E-state index in [-0.39, 0.29) is 59.1 Å². The van der Waals surface area contributed by atoms with E-state index in [9.17, 15) is 47.4 Å². The summed E-state index contributed by atoms with van der Waals surface area (Å²) in [7, 11) is 1.53. The number of pyridine rings is 1. The van der Waals surface area contributed by atoms with Crippen LogP contribution in [0, 0.1) is 11.6 Å². The molecule has 0 aliphatic carbocycles. The lowest BCUT2D eigenvalue weighted by atomic mass is 9.93. The molecular weight excluding hydrogens is 869 g/mol. The van der Waals surface area contributed by atoms with Gasteiger partial charge in [-0.1, -0.05) is 24.3 Å². The number of nitrogens with zero attached hydrogens (tertiary/aromatic N) is 2. The fourth-order valence-electron chi connectivity index (χ4n) is 8.05. The van der Waals surface area contributed by atoms with Crippen LogP contribution in [0.4, 0.5) is 14.5 Å². The first-order valence-electron chi connectivity index (χ1n) is 21.4. The number of halogens is 2. The van der Waals surface area contributed by atoms with Crippen molar-refractivity contribution in [2.24, 2.45) is 7.05 Å². The van der Waals surface area contributed by atoms with Gasteiger partial charge in [-0.15, -0.1) is 0 Å². The van der Waals surface area contributed by atoms with E-state index in [1.165, 1.54) is 29.8 Å². The number of anilines is 1. The SMILES string of the molecule is Cn1cc(-c2cc(C(C)(C)O)ccc2Oc2ccc(F)cc2F)c2cc(C(=O)NCc3ccc(C(=O)NCCCCNc4cccc5c4C(=O)N(C4CCC(=O)NC4=O)C5=O)cc3)[nH]c2c1=O. The lowest BCUT2D eigenvalue weighted by molar-refractivity contribution is -0.136. The molecule has 4 heterocycles. The average molecular weight is 914 g/mol. The summed E-state index contributed by atoms with van der Waals surface area (Å²) in [5.74, 6) is -4.97. The van der Waals surface area contributed by atoms with Gasteiger partial charge in [0.1, 0.15) is 28.8 Å². The van der Waals surface area contributed by atoms with Crippen LogP contribution in [0.2, 0.25) is 0 Å². The molecule has 18 heteroatoms. The van der Waals surface area contributed by atoms with Crippen molar-refractivity contribution in [3.8, 4) is 22.6 Å². The first kappa shape index (κ1) is 45.6. The van der Waals surface area contributed by atoms with Crippen LogP contribution < -0.4 is 31.6 Å². The van der Waals surface area contributed by atoms with Gasteiger partial charge in [-0.2, -0.15) is 0 Å². The first-order valence-corrected chi connectivity index (χ1v) is 21.4. The number of carbonyl (C=O) groups is 6. The zero-order chi connectivity index (χ0) is 47.7. The van der Waals surface area contributed by atoms with Gasteiger partial charge >= 0.3 is 0 Å². The molecular formula is C49H45F2N7O9. The summed E-state index contributed by atoms with van der Waals surface area (Å²) in [4.78, 5) is 94.1. The number of unbranched alkanes of at least 4 members (excludes halogenated alkanes) is 1. The summed E-state index contributed by atoms with van der Waals surface area (Å²) < 4.78 is 35.7. The van der Waals surface area contributed by atoms with E-state index in [0.717, 1.165) is 17.0 Å². The van der Waals surface area contributed by atoms with Crippen molar-refractivity contribution < 1.29 is 47.4 Å². The number of aliphatic hydroxyl groups is 1.